The average molecular weight is 387 g/mol. The number of hydrogen-bond donors (Lipinski definition) is 2. The van der Waals surface area contributed by atoms with Gasteiger partial charge >= 0.3 is 0 Å². The molecule has 4 nitrogen and oxygen atoms in total. The van der Waals surface area contributed by atoms with Crippen LogP contribution in [0.3, 0.4) is 0 Å². The maximum absolute atomic E-state index is 12.9. The van der Waals surface area contributed by atoms with Crippen molar-refractivity contribution in [1.82, 2.24) is 10.2 Å². The minimum Gasteiger partial charge on any atom is -0.388 e. The lowest BCUT2D eigenvalue weighted by Crippen LogP contribution is -2.62. The number of carbonyl (C=O) groups excluding carboxylic acids is 1. The first-order chi connectivity index (χ1) is 12.9. The van der Waals surface area contributed by atoms with E-state index in [0.717, 1.165) is 19.5 Å². The number of nitrogens with zero attached hydrogens (tertiary/aromatic N) is 1. The number of carbonyl (C=O) groups is 1. The molecule has 1 aliphatic rings. The summed E-state index contributed by atoms with van der Waals surface area (Å²) in [6, 6.07) is 13.0. The summed E-state index contributed by atoms with van der Waals surface area (Å²) < 4.78 is 0. The molecule has 0 aliphatic carbocycles. The second-order valence-electron chi connectivity index (χ2n) is 8.10. The molecular weight excluding hydrogens is 356 g/mol. The maximum atomic E-state index is 12.9. The molecule has 0 spiro atoms. The zero-order valence-corrected chi connectivity index (χ0v) is 17.2. The van der Waals surface area contributed by atoms with E-state index in [2.05, 4.69) is 35.5 Å². The molecule has 1 amide bonds. The predicted octanol–water partition coefficient (Wildman–Crippen LogP) is 4.09. The minimum absolute atomic E-state index is 0.0137. The maximum Gasteiger partial charge on any atom is 0.251 e. The highest BCUT2D eigenvalue weighted by Gasteiger charge is 2.46. The van der Waals surface area contributed by atoms with Crippen LogP contribution in [0.4, 0.5) is 0 Å². The third-order valence-electron chi connectivity index (χ3n) is 5.44. The van der Waals surface area contributed by atoms with E-state index in [1.807, 2.05) is 43.3 Å². The standard InChI is InChI=1S/C22H30N2O2S/c1-16(2)11-13-24-14-12-22(3,26)20(19(24)18-10-7-15-27-18)23-21(25)17-8-5-4-6-9-17/h4-10,15-16,19-20,26H,11-14H2,1-3H3,(H,23,25). The number of rotatable bonds is 6. The Morgan fingerprint density at radius 3 is 2.67 bits per heavy atom. The number of likely N-dealkylation sites (tertiary alicyclic amines) is 1. The Balaban J connectivity index is 1.89. The van der Waals surface area contributed by atoms with Crippen molar-refractivity contribution < 1.29 is 9.90 Å². The summed E-state index contributed by atoms with van der Waals surface area (Å²) in [5.74, 6) is 0.488. The molecule has 146 valence electrons. The van der Waals surface area contributed by atoms with E-state index in [-0.39, 0.29) is 18.0 Å². The first kappa shape index (κ1) is 20.1. The Morgan fingerprint density at radius 2 is 2.04 bits per heavy atom. The Hall–Kier alpha value is -1.69. The molecule has 0 saturated carbocycles. The number of aliphatic hydroxyl groups is 1. The van der Waals surface area contributed by atoms with Crippen LogP contribution in [0.5, 0.6) is 0 Å². The third kappa shape index (κ3) is 4.78. The molecule has 3 atom stereocenters. The van der Waals surface area contributed by atoms with Gasteiger partial charge in [0.05, 0.1) is 17.7 Å². The van der Waals surface area contributed by atoms with E-state index in [9.17, 15) is 9.90 Å². The molecule has 27 heavy (non-hydrogen) atoms. The van der Waals surface area contributed by atoms with Crippen LogP contribution in [-0.4, -0.2) is 40.6 Å². The summed E-state index contributed by atoms with van der Waals surface area (Å²) in [7, 11) is 0. The van der Waals surface area contributed by atoms with E-state index >= 15 is 0 Å². The molecule has 1 aromatic carbocycles. The first-order valence-corrected chi connectivity index (χ1v) is 10.6. The van der Waals surface area contributed by atoms with Gasteiger partial charge in [-0.25, -0.2) is 0 Å². The van der Waals surface area contributed by atoms with Gasteiger partial charge in [-0.2, -0.15) is 0 Å². The molecule has 3 unspecified atom stereocenters. The molecule has 3 rings (SSSR count). The summed E-state index contributed by atoms with van der Waals surface area (Å²) in [5.41, 5.74) is -0.328. The van der Waals surface area contributed by atoms with Gasteiger partial charge in [0.15, 0.2) is 0 Å². The monoisotopic (exact) mass is 386 g/mol. The Kier molecular flexibility index (Phi) is 6.35. The topological polar surface area (TPSA) is 52.6 Å². The van der Waals surface area contributed by atoms with Crippen molar-refractivity contribution in [2.75, 3.05) is 13.1 Å². The van der Waals surface area contributed by atoms with Crippen molar-refractivity contribution in [3.05, 3.63) is 58.3 Å². The minimum atomic E-state index is -0.951. The quantitative estimate of drug-likeness (QED) is 0.786. The van der Waals surface area contributed by atoms with E-state index < -0.39 is 5.60 Å². The van der Waals surface area contributed by atoms with Crippen molar-refractivity contribution in [2.45, 2.75) is 51.3 Å². The summed E-state index contributed by atoms with van der Waals surface area (Å²) >= 11 is 1.69. The van der Waals surface area contributed by atoms with Gasteiger partial charge in [0.25, 0.3) is 5.91 Å². The highest BCUT2D eigenvalue weighted by Crippen LogP contribution is 2.39. The molecular formula is C22H30N2O2S. The molecule has 2 heterocycles. The first-order valence-electron chi connectivity index (χ1n) is 9.74. The normalized spacial score (nSPS) is 26.3. The molecule has 0 radical (unpaired) electrons. The van der Waals surface area contributed by atoms with Gasteiger partial charge in [0.2, 0.25) is 0 Å². The molecule has 1 aromatic heterocycles. The number of benzene rings is 1. The largest absolute Gasteiger partial charge is 0.388 e. The highest BCUT2D eigenvalue weighted by atomic mass is 32.1. The second kappa shape index (κ2) is 8.55. The van der Waals surface area contributed by atoms with E-state index in [0.29, 0.717) is 17.9 Å². The summed E-state index contributed by atoms with van der Waals surface area (Å²) in [5, 5.41) is 16.4. The van der Waals surface area contributed by atoms with E-state index in [1.54, 1.807) is 11.3 Å². The lowest BCUT2D eigenvalue weighted by atomic mass is 9.81. The lowest BCUT2D eigenvalue weighted by molar-refractivity contribution is -0.0638. The number of amides is 1. The van der Waals surface area contributed by atoms with Gasteiger partial charge in [-0.15, -0.1) is 11.3 Å². The van der Waals surface area contributed by atoms with Gasteiger partial charge in [-0.3, -0.25) is 9.69 Å². The van der Waals surface area contributed by atoms with Crippen LogP contribution in [-0.2, 0) is 0 Å². The summed E-state index contributed by atoms with van der Waals surface area (Å²) in [6.45, 7) is 8.11. The predicted molar refractivity (Wildman–Crippen MR) is 111 cm³/mol. The summed E-state index contributed by atoms with van der Waals surface area (Å²) in [4.78, 5) is 16.5. The molecule has 1 fully saturated rings. The Bertz CT molecular complexity index is 726. The fraction of sp³-hybridized carbons (Fsp3) is 0.500. The van der Waals surface area contributed by atoms with Gasteiger partial charge in [-0.05, 0) is 55.8 Å². The van der Waals surface area contributed by atoms with Crippen molar-refractivity contribution in [1.29, 1.82) is 0 Å². The molecule has 1 saturated heterocycles. The summed E-state index contributed by atoms with van der Waals surface area (Å²) in [6.07, 6.45) is 1.75. The van der Waals surface area contributed by atoms with Crippen LogP contribution in [0.2, 0.25) is 0 Å². The van der Waals surface area contributed by atoms with Crippen molar-refractivity contribution in [3.8, 4) is 0 Å². The molecule has 2 aromatic rings. The zero-order valence-electron chi connectivity index (χ0n) is 16.4. The second-order valence-corrected chi connectivity index (χ2v) is 9.08. The van der Waals surface area contributed by atoms with Crippen LogP contribution in [0.1, 0.15) is 54.9 Å². The van der Waals surface area contributed by atoms with Crippen molar-refractivity contribution >= 4 is 17.2 Å². The molecule has 5 heteroatoms. The number of hydrogen-bond acceptors (Lipinski definition) is 4. The number of thiophene rings is 1. The van der Waals surface area contributed by atoms with Crippen LogP contribution >= 0.6 is 11.3 Å². The van der Waals surface area contributed by atoms with Crippen LogP contribution in [0, 0.1) is 5.92 Å². The average Bonchev–Trinajstić information content (AvgIpc) is 3.17. The lowest BCUT2D eigenvalue weighted by Gasteiger charge is -2.49. The molecule has 0 bridgehead atoms. The smallest absolute Gasteiger partial charge is 0.251 e. The van der Waals surface area contributed by atoms with Crippen LogP contribution in [0.15, 0.2) is 47.8 Å². The fourth-order valence-corrected chi connectivity index (χ4v) is 4.64. The van der Waals surface area contributed by atoms with Gasteiger partial charge in [0.1, 0.15) is 0 Å². The molecule has 2 N–H and O–H groups in total. The highest BCUT2D eigenvalue weighted by molar-refractivity contribution is 7.10. The van der Waals surface area contributed by atoms with E-state index in [4.69, 9.17) is 0 Å². The van der Waals surface area contributed by atoms with Crippen LogP contribution < -0.4 is 5.32 Å². The number of piperidine rings is 1. The third-order valence-corrected chi connectivity index (χ3v) is 6.38. The Labute approximate surface area is 166 Å². The van der Waals surface area contributed by atoms with E-state index in [1.165, 1.54) is 4.88 Å². The SMILES string of the molecule is CC(C)CCN1CCC(C)(O)C(NC(=O)c2ccccc2)C1c1cccs1. The van der Waals surface area contributed by atoms with Gasteiger partial charge < -0.3 is 10.4 Å². The number of nitrogens with one attached hydrogen (secondary N) is 1. The van der Waals surface area contributed by atoms with Gasteiger partial charge in [0, 0.05) is 17.0 Å². The van der Waals surface area contributed by atoms with Crippen molar-refractivity contribution in [3.63, 3.8) is 0 Å². The molecule has 1 aliphatic heterocycles. The Morgan fingerprint density at radius 1 is 1.30 bits per heavy atom. The zero-order chi connectivity index (χ0) is 19.4. The van der Waals surface area contributed by atoms with Crippen molar-refractivity contribution in [2.24, 2.45) is 5.92 Å². The van der Waals surface area contributed by atoms with Crippen LogP contribution in [0.25, 0.3) is 0 Å². The fourth-order valence-electron chi connectivity index (χ4n) is 3.74. The van der Waals surface area contributed by atoms with Gasteiger partial charge in [-0.1, -0.05) is 38.1 Å².